The van der Waals surface area contributed by atoms with Crippen molar-refractivity contribution in [3.8, 4) is 0 Å². The summed E-state index contributed by atoms with van der Waals surface area (Å²) in [7, 11) is 0. The molecule has 2 heterocycles. The van der Waals surface area contributed by atoms with Gasteiger partial charge in [0.25, 0.3) is 0 Å². The average Bonchev–Trinajstić information content (AvgIpc) is 2.82. The van der Waals surface area contributed by atoms with E-state index in [1.807, 2.05) is 42.8 Å². The summed E-state index contributed by atoms with van der Waals surface area (Å²) >= 11 is 0. The van der Waals surface area contributed by atoms with Gasteiger partial charge in [-0.2, -0.15) is 0 Å². The molecule has 23 heavy (non-hydrogen) atoms. The number of aromatic nitrogens is 1. The zero-order valence-corrected chi connectivity index (χ0v) is 16.9. The quantitative estimate of drug-likeness (QED) is 0.532. The minimum atomic E-state index is -1.10. The molecule has 0 bridgehead atoms. The molecule has 0 radical (unpaired) electrons. The summed E-state index contributed by atoms with van der Waals surface area (Å²) < 4.78 is 1.91. The molecule has 1 unspecified atom stereocenters. The Kier molecular flexibility index (Phi) is 6.03. The van der Waals surface area contributed by atoms with E-state index in [0.29, 0.717) is 23.2 Å². The van der Waals surface area contributed by atoms with Crippen molar-refractivity contribution in [2.45, 2.75) is 39.2 Å². The van der Waals surface area contributed by atoms with Crippen LogP contribution in [0.15, 0.2) is 30.5 Å². The van der Waals surface area contributed by atoms with Crippen LogP contribution in [0.5, 0.6) is 0 Å². The third kappa shape index (κ3) is 3.54. The Morgan fingerprint density at radius 2 is 2.00 bits per heavy atom. The van der Waals surface area contributed by atoms with Gasteiger partial charge in [-0.05, 0) is 38.3 Å². The number of fused-ring (bicyclic) bond motifs is 1. The number of benzene rings is 1. The van der Waals surface area contributed by atoms with E-state index >= 15 is 0 Å². The van der Waals surface area contributed by atoms with Crippen molar-refractivity contribution in [3.63, 3.8) is 0 Å². The largest absolute Gasteiger partial charge is 1.00 e. The second kappa shape index (κ2) is 7.45. The fraction of sp³-hybridized carbons (Fsp3) is 0.333. The number of aliphatic carboxylic acids is 1. The van der Waals surface area contributed by atoms with Crippen LogP contribution in [0.25, 0.3) is 0 Å². The van der Waals surface area contributed by atoms with E-state index in [9.17, 15) is 14.7 Å². The normalized spacial score (nSPS) is 16.3. The molecule has 0 N–H and O–H groups in total. The van der Waals surface area contributed by atoms with Crippen molar-refractivity contribution >= 4 is 11.8 Å². The first kappa shape index (κ1) is 18.6. The minimum Gasteiger partial charge on any atom is -0.549 e. The van der Waals surface area contributed by atoms with E-state index in [1.54, 1.807) is 6.07 Å². The van der Waals surface area contributed by atoms with Crippen LogP contribution in [0.1, 0.15) is 51.5 Å². The summed E-state index contributed by atoms with van der Waals surface area (Å²) in [5, 5.41) is 11.5. The molecule has 0 aliphatic carbocycles. The fourth-order valence-electron chi connectivity index (χ4n) is 3.33. The molecule has 0 fully saturated rings. The van der Waals surface area contributed by atoms with Gasteiger partial charge in [-0.3, -0.25) is 4.79 Å². The summed E-state index contributed by atoms with van der Waals surface area (Å²) in [6, 6.07) is 7.39. The van der Waals surface area contributed by atoms with Gasteiger partial charge < -0.3 is 14.5 Å². The maximum absolute atomic E-state index is 12.9. The van der Waals surface area contributed by atoms with Crippen molar-refractivity contribution in [2.75, 3.05) is 0 Å². The zero-order valence-electron chi connectivity index (χ0n) is 13.8. The predicted molar refractivity (Wildman–Crippen MR) is 80.8 cm³/mol. The van der Waals surface area contributed by atoms with Crippen molar-refractivity contribution in [3.05, 3.63) is 58.4 Å². The molecule has 4 nitrogen and oxygen atoms in total. The minimum absolute atomic E-state index is 0. The van der Waals surface area contributed by atoms with Gasteiger partial charge in [-0.15, -0.1) is 0 Å². The monoisotopic (exact) mass is 335 g/mol. The molecule has 1 aliphatic rings. The Balaban J connectivity index is 0.00000192. The maximum Gasteiger partial charge on any atom is 1.00 e. The number of nitrogens with zero attached hydrogens (tertiary/aromatic N) is 1. The van der Waals surface area contributed by atoms with Crippen molar-refractivity contribution in [1.29, 1.82) is 0 Å². The standard InChI is InChI=1S/C18H19NO3.K/c1-11-5-3-6-13(9-11)17(20)15-12(2)10-19-8-4-7-14(16(15)19)18(21)22;/h3,5-6,9-10,14H,4,7-8H2,1-2H3,(H,21,22);/q;+1/p-1. The van der Waals surface area contributed by atoms with Gasteiger partial charge in [0.05, 0.1) is 5.97 Å². The van der Waals surface area contributed by atoms with Crippen LogP contribution < -0.4 is 56.5 Å². The molecule has 114 valence electrons. The predicted octanol–water partition coefficient (Wildman–Crippen LogP) is -1.03. The summed E-state index contributed by atoms with van der Waals surface area (Å²) in [6.07, 6.45) is 3.20. The van der Waals surface area contributed by atoms with E-state index in [2.05, 4.69) is 0 Å². The average molecular weight is 335 g/mol. The third-order valence-electron chi connectivity index (χ3n) is 4.32. The molecular weight excluding hydrogens is 317 g/mol. The van der Waals surface area contributed by atoms with E-state index in [1.165, 1.54) is 0 Å². The summed E-state index contributed by atoms with van der Waals surface area (Å²) in [6.45, 7) is 4.55. The second-order valence-corrected chi connectivity index (χ2v) is 5.98. The van der Waals surface area contributed by atoms with Gasteiger partial charge in [0.15, 0.2) is 5.78 Å². The number of ketones is 1. The molecule has 1 aromatic carbocycles. The molecule has 0 amide bonds. The smallest absolute Gasteiger partial charge is 0.549 e. The van der Waals surface area contributed by atoms with Crippen LogP contribution in [0.4, 0.5) is 0 Å². The molecule has 2 aromatic rings. The molecule has 5 heteroatoms. The first-order chi connectivity index (χ1) is 10.5. The zero-order chi connectivity index (χ0) is 15.9. The van der Waals surface area contributed by atoms with Crippen LogP contribution in [-0.2, 0) is 11.3 Å². The Morgan fingerprint density at radius 1 is 1.26 bits per heavy atom. The van der Waals surface area contributed by atoms with E-state index in [4.69, 9.17) is 0 Å². The Hall–Kier alpha value is -0.724. The number of carbonyl (C=O) groups excluding carboxylic acids is 2. The number of hydrogen-bond donors (Lipinski definition) is 0. The number of hydrogen-bond acceptors (Lipinski definition) is 3. The second-order valence-electron chi connectivity index (χ2n) is 5.98. The van der Waals surface area contributed by atoms with Crippen LogP contribution >= 0.6 is 0 Å². The number of rotatable bonds is 3. The molecule has 1 atom stereocenters. The van der Waals surface area contributed by atoms with Gasteiger partial charge >= 0.3 is 51.4 Å². The maximum atomic E-state index is 12.9. The van der Waals surface area contributed by atoms with Crippen LogP contribution in [0.3, 0.4) is 0 Å². The molecule has 3 rings (SSSR count). The Labute approximate surface area is 178 Å². The Morgan fingerprint density at radius 3 is 2.65 bits per heavy atom. The summed E-state index contributed by atoms with van der Waals surface area (Å²) in [5.41, 5.74) is 3.57. The molecule has 0 saturated heterocycles. The van der Waals surface area contributed by atoms with Gasteiger partial charge in [-0.25, -0.2) is 0 Å². The first-order valence-corrected chi connectivity index (χ1v) is 7.51. The van der Waals surface area contributed by atoms with Crippen LogP contribution in [-0.4, -0.2) is 16.3 Å². The Bertz CT molecular complexity index is 764. The first-order valence-electron chi connectivity index (χ1n) is 7.51. The van der Waals surface area contributed by atoms with Gasteiger partial charge in [0, 0.05) is 35.5 Å². The topological polar surface area (TPSA) is 62.1 Å². The van der Waals surface area contributed by atoms with Crippen LogP contribution in [0, 0.1) is 13.8 Å². The van der Waals surface area contributed by atoms with Crippen LogP contribution in [0.2, 0.25) is 0 Å². The SMILES string of the molecule is Cc1cccc(C(=O)c2c(C)cn3c2C(C(=O)[O-])CCC3)c1.[K+]. The van der Waals surface area contributed by atoms with E-state index < -0.39 is 11.9 Å². The van der Waals surface area contributed by atoms with E-state index in [0.717, 1.165) is 24.1 Å². The van der Waals surface area contributed by atoms with Crippen molar-refractivity contribution in [1.82, 2.24) is 4.57 Å². The third-order valence-corrected chi connectivity index (χ3v) is 4.32. The number of aryl methyl sites for hydroxylation is 3. The molecule has 0 saturated carbocycles. The summed E-state index contributed by atoms with van der Waals surface area (Å²) in [4.78, 5) is 24.3. The molecule has 1 aliphatic heterocycles. The number of carbonyl (C=O) groups is 2. The van der Waals surface area contributed by atoms with Gasteiger partial charge in [0.1, 0.15) is 0 Å². The van der Waals surface area contributed by atoms with Crippen molar-refractivity contribution < 1.29 is 66.1 Å². The van der Waals surface area contributed by atoms with Crippen molar-refractivity contribution in [2.24, 2.45) is 0 Å². The molecular formula is C18H18KNO3. The van der Waals surface area contributed by atoms with E-state index in [-0.39, 0.29) is 57.2 Å². The summed E-state index contributed by atoms with van der Waals surface area (Å²) in [5.74, 6) is -1.91. The molecule has 0 spiro atoms. The number of carboxylic acid groups (broad SMARTS) is 1. The van der Waals surface area contributed by atoms with Gasteiger partial charge in [0.2, 0.25) is 0 Å². The molecule has 1 aromatic heterocycles. The fourth-order valence-corrected chi connectivity index (χ4v) is 3.33. The number of carboxylic acids is 1. The van der Waals surface area contributed by atoms with Gasteiger partial charge in [-0.1, -0.05) is 23.8 Å².